The summed E-state index contributed by atoms with van der Waals surface area (Å²) in [7, 11) is 0. The largest absolute Gasteiger partial charge is 0.415 e. The Morgan fingerprint density at radius 1 is 1.21 bits per heavy atom. The van der Waals surface area contributed by atoms with Crippen LogP contribution >= 0.6 is 0 Å². The summed E-state index contributed by atoms with van der Waals surface area (Å²) in [6, 6.07) is 4.75. The first kappa shape index (κ1) is 22.9. The quantitative estimate of drug-likeness (QED) is 0.660. The molecular weight excluding hydrogens is 446 g/mol. The summed E-state index contributed by atoms with van der Waals surface area (Å²) >= 11 is 0. The maximum Gasteiger partial charge on any atom is 0.314 e. The predicted octanol–water partition coefficient (Wildman–Crippen LogP) is 3.75. The molecule has 0 spiro atoms. The Hall–Kier alpha value is -2.88. The molecule has 0 saturated heterocycles. The van der Waals surface area contributed by atoms with E-state index in [1.54, 1.807) is 23.1 Å². The number of rotatable bonds is 6. The number of carbonyl (C=O) groups is 2. The Labute approximate surface area is 195 Å². The maximum atomic E-state index is 13.3. The molecule has 2 N–H and O–H groups in total. The molecule has 5 rings (SSSR count). The van der Waals surface area contributed by atoms with Crippen LogP contribution in [0.25, 0.3) is 11.5 Å². The van der Waals surface area contributed by atoms with Gasteiger partial charge in [-0.05, 0) is 43.4 Å². The molecule has 1 aromatic carbocycles. The number of fused-ring (bicyclic) bond motifs is 1. The van der Waals surface area contributed by atoms with Gasteiger partial charge in [0.25, 0.3) is 11.8 Å². The van der Waals surface area contributed by atoms with Gasteiger partial charge in [0.15, 0.2) is 0 Å². The first-order valence-corrected chi connectivity index (χ1v) is 11.9. The van der Waals surface area contributed by atoms with Gasteiger partial charge in [0, 0.05) is 23.7 Å². The number of carbonyl (C=O) groups excluding carboxylic acids is 2. The Kier molecular flexibility index (Phi) is 6.09. The van der Waals surface area contributed by atoms with E-state index >= 15 is 0 Å². The second-order valence-electron chi connectivity index (χ2n) is 9.69. The van der Waals surface area contributed by atoms with Gasteiger partial charge in [-0.3, -0.25) is 9.59 Å². The number of aliphatic hydroxyl groups is 1. The van der Waals surface area contributed by atoms with Crippen molar-refractivity contribution >= 4 is 11.8 Å². The second kappa shape index (κ2) is 9.05. The molecule has 2 aromatic rings. The molecule has 0 radical (unpaired) electrons. The van der Waals surface area contributed by atoms with Gasteiger partial charge < -0.3 is 19.7 Å². The highest BCUT2D eigenvalue weighted by Crippen LogP contribution is 2.35. The van der Waals surface area contributed by atoms with Gasteiger partial charge in [-0.15, -0.1) is 10.2 Å². The summed E-state index contributed by atoms with van der Waals surface area (Å²) in [5, 5.41) is 20.7. The lowest BCUT2D eigenvalue weighted by atomic mass is 9.88. The van der Waals surface area contributed by atoms with Crippen molar-refractivity contribution in [2.45, 2.75) is 88.4 Å². The average molecular weight is 475 g/mol. The molecule has 2 fully saturated rings. The van der Waals surface area contributed by atoms with Crippen molar-refractivity contribution < 1.29 is 27.9 Å². The van der Waals surface area contributed by atoms with Gasteiger partial charge in [0.2, 0.25) is 11.8 Å². The van der Waals surface area contributed by atoms with E-state index in [0.29, 0.717) is 30.5 Å². The normalized spacial score (nSPS) is 24.0. The molecule has 2 atom stereocenters. The molecule has 2 amide bonds. The zero-order valence-corrected chi connectivity index (χ0v) is 18.8. The molecule has 182 valence electrons. The number of aromatic nitrogens is 2. The van der Waals surface area contributed by atoms with Crippen molar-refractivity contribution in [2.75, 3.05) is 0 Å². The predicted molar refractivity (Wildman–Crippen MR) is 117 cm³/mol. The number of hydrogen-bond acceptors (Lipinski definition) is 6. The van der Waals surface area contributed by atoms with Crippen LogP contribution in [0.5, 0.6) is 0 Å². The standard InChI is InChI=1S/C24H28F2N4O4/c25-20(26)22-29-28-21(34-22)14-7-8-15-13-30(23(32)16(15)11-14)18-6-2-1-5-17(18)27-19(31)12-24(33)9-3-4-10-24/h7-8,11,17-18,20,33H,1-6,9-10,12-13H2,(H,27,31)/t17-,18-/m1/s1. The van der Waals surface area contributed by atoms with Crippen LogP contribution in [0.15, 0.2) is 22.6 Å². The minimum atomic E-state index is -2.86. The van der Waals surface area contributed by atoms with Crippen LogP contribution in [-0.4, -0.2) is 49.7 Å². The fourth-order valence-electron chi connectivity index (χ4n) is 5.58. The second-order valence-corrected chi connectivity index (χ2v) is 9.69. The molecule has 8 nitrogen and oxygen atoms in total. The monoisotopic (exact) mass is 474 g/mol. The third-order valence-corrected chi connectivity index (χ3v) is 7.32. The molecule has 2 saturated carbocycles. The topological polar surface area (TPSA) is 109 Å². The van der Waals surface area contributed by atoms with Crippen LogP contribution in [0.3, 0.4) is 0 Å². The maximum absolute atomic E-state index is 13.3. The highest BCUT2D eigenvalue weighted by atomic mass is 19.3. The zero-order valence-electron chi connectivity index (χ0n) is 18.8. The lowest BCUT2D eigenvalue weighted by Crippen LogP contribution is -2.54. The number of alkyl halides is 2. The molecule has 2 aliphatic carbocycles. The van der Waals surface area contributed by atoms with E-state index in [-0.39, 0.29) is 36.2 Å². The summed E-state index contributed by atoms with van der Waals surface area (Å²) in [4.78, 5) is 27.9. The number of benzene rings is 1. The summed E-state index contributed by atoms with van der Waals surface area (Å²) in [6.07, 6.45) is 3.89. The molecule has 10 heteroatoms. The SMILES string of the molecule is O=C(CC1(O)CCCC1)N[C@@H]1CCCC[C@H]1N1Cc2ccc(-c3nnc(C(F)F)o3)cc2C1=O. The van der Waals surface area contributed by atoms with E-state index < -0.39 is 17.9 Å². The fourth-order valence-corrected chi connectivity index (χ4v) is 5.58. The Morgan fingerprint density at radius 2 is 1.97 bits per heavy atom. The van der Waals surface area contributed by atoms with E-state index in [2.05, 4.69) is 15.5 Å². The number of amides is 2. The molecular formula is C24H28F2N4O4. The van der Waals surface area contributed by atoms with Crippen molar-refractivity contribution in [3.05, 3.63) is 35.2 Å². The molecule has 0 unspecified atom stereocenters. The van der Waals surface area contributed by atoms with Crippen LogP contribution < -0.4 is 5.32 Å². The van der Waals surface area contributed by atoms with Gasteiger partial charge in [-0.25, -0.2) is 0 Å². The van der Waals surface area contributed by atoms with Crippen molar-refractivity contribution in [3.8, 4) is 11.5 Å². The van der Waals surface area contributed by atoms with Crippen molar-refractivity contribution in [2.24, 2.45) is 0 Å². The average Bonchev–Trinajstić information content (AvgIpc) is 3.53. The third kappa shape index (κ3) is 4.43. The fraction of sp³-hybridized carbons (Fsp3) is 0.583. The molecule has 0 bridgehead atoms. The minimum absolute atomic E-state index is 0.0583. The highest BCUT2D eigenvalue weighted by molar-refractivity contribution is 5.99. The summed E-state index contributed by atoms with van der Waals surface area (Å²) in [6.45, 7) is 0.418. The van der Waals surface area contributed by atoms with E-state index in [0.717, 1.165) is 44.1 Å². The smallest absolute Gasteiger partial charge is 0.314 e. The van der Waals surface area contributed by atoms with Crippen LogP contribution in [0.2, 0.25) is 0 Å². The first-order valence-electron chi connectivity index (χ1n) is 11.9. The number of nitrogens with zero attached hydrogens (tertiary/aromatic N) is 3. The lowest BCUT2D eigenvalue weighted by Gasteiger charge is -2.38. The lowest BCUT2D eigenvalue weighted by molar-refractivity contribution is -0.127. The van der Waals surface area contributed by atoms with Crippen LogP contribution in [0, 0.1) is 0 Å². The van der Waals surface area contributed by atoms with Crippen molar-refractivity contribution in [1.82, 2.24) is 20.4 Å². The van der Waals surface area contributed by atoms with E-state index in [1.165, 1.54) is 0 Å². The third-order valence-electron chi connectivity index (χ3n) is 7.32. The van der Waals surface area contributed by atoms with E-state index in [9.17, 15) is 23.5 Å². The molecule has 1 aliphatic heterocycles. The van der Waals surface area contributed by atoms with Gasteiger partial charge in [-0.1, -0.05) is 31.7 Å². The van der Waals surface area contributed by atoms with Crippen LogP contribution in [0.4, 0.5) is 8.78 Å². The summed E-state index contributed by atoms with van der Waals surface area (Å²) in [5.74, 6) is -1.14. The highest BCUT2D eigenvalue weighted by Gasteiger charge is 2.40. The molecule has 2 heterocycles. The van der Waals surface area contributed by atoms with Crippen molar-refractivity contribution in [3.63, 3.8) is 0 Å². The minimum Gasteiger partial charge on any atom is -0.415 e. The summed E-state index contributed by atoms with van der Waals surface area (Å²) in [5.41, 5.74) is 0.804. The van der Waals surface area contributed by atoms with Crippen LogP contribution in [0.1, 0.15) is 86.0 Å². The van der Waals surface area contributed by atoms with Gasteiger partial charge in [0.1, 0.15) is 0 Å². The van der Waals surface area contributed by atoms with Gasteiger partial charge >= 0.3 is 6.43 Å². The molecule has 3 aliphatic rings. The Morgan fingerprint density at radius 3 is 2.71 bits per heavy atom. The zero-order chi connectivity index (χ0) is 23.9. The Bertz CT molecular complexity index is 1080. The number of nitrogens with one attached hydrogen (secondary N) is 1. The number of hydrogen-bond donors (Lipinski definition) is 2. The Balaban J connectivity index is 1.30. The molecule has 1 aromatic heterocycles. The van der Waals surface area contributed by atoms with Crippen molar-refractivity contribution in [1.29, 1.82) is 0 Å². The first-order chi connectivity index (χ1) is 16.3. The number of halogens is 2. The van der Waals surface area contributed by atoms with Crippen LogP contribution in [-0.2, 0) is 11.3 Å². The van der Waals surface area contributed by atoms with Gasteiger partial charge in [0.05, 0.1) is 18.1 Å². The van der Waals surface area contributed by atoms with Gasteiger partial charge in [-0.2, -0.15) is 8.78 Å². The summed E-state index contributed by atoms with van der Waals surface area (Å²) < 4.78 is 30.6. The van der Waals surface area contributed by atoms with E-state index in [4.69, 9.17) is 4.42 Å². The van der Waals surface area contributed by atoms with E-state index in [1.807, 2.05) is 0 Å². The molecule has 34 heavy (non-hydrogen) atoms.